The molecule has 0 saturated carbocycles. The van der Waals surface area contributed by atoms with E-state index in [9.17, 15) is 9.59 Å². The van der Waals surface area contributed by atoms with Gasteiger partial charge in [-0.25, -0.2) is 0 Å². The van der Waals surface area contributed by atoms with Crippen molar-refractivity contribution in [2.75, 3.05) is 26.2 Å². The van der Waals surface area contributed by atoms with Crippen LogP contribution in [0.5, 0.6) is 0 Å². The second-order valence-corrected chi connectivity index (χ2v) is 12.3. The fraction of sp³-hybridized carbons (Fsp3) is 0.464. The van der Waals surface area contributed by atoms with Gasteiger partial charge >= 0.3 is 0 Å². The summed E-state index contributed by atoms with van der Waals surface area (Å²) in [5.74, 6) is 0.752. The Bertz CT molecular complexity index is 1230. The van der Waals surface area contributed by atoms with E-state index >= 15 is 0 Å². The normalized spacial score (nSPS) is 18.6. The molecule has 3 aliphatic rings. The minimum Gasteiger partial charge on any atom is -0.343 e. The molecular formula is C28H30Br2ClN3O2. The number of hydrogen-bond acceptors (Lipinski definition) is 3. The van der Waals surface area contributed by atoms with Crippen molar-refractivity contribution in [3.63, 3.8) is 0 Å². The standard InChI is InChI=1S/C28H30Br2ClN3O2/c1-17(35)33-8-4-18(5-9-33)12-25(36)34-10-6-19(7-11-34)27-26-20(14-23(31)15-24(26)30)2-3-21-13-22(29)16-32-28(21)27/h13-16,18H,2-12H2,1H3. The largest absolute Gasteiger partial charge is 0.343 e. The van der Waals surface area contributed by atoms with Gasteiger partial charge in [0.15, 0.2) is 0 Å². The van der Waals surface area contributed by atoms with E-state index < -0.39 is 0 Å². The van der Waals surface area contributed by atoms with E-state index in [0.717, 1.165) is 84.4 Å². The van der Waals surface area contributed by atoms with Gasteiger partial charge in [-0.1, -0.05) is 33.1 Å². The summed E-state index contributed by atoms with van der Waals surface area (Å²) < 4.78 is 1.99. The molecule has 0 unspecified atom stereocenters. The Morgan fingerprint density at radius 1 is 0.972 bits per heavy atom. The lowest BCUT2D eigenvalue weighted by atomic mass is 9.88. The lowest BCUT2D eigenvalue weighted by Crippen LogP contribution is -2.41. The van der Waals surface area contributed by atoms with Gasteiger partial charge in [0, 0.05) is 70.8 Å². The number of amides is 2. The molecule has 2 aliphatic heterocycles. The van der Waals surface area contributed by atoms with Gasteiger partial charge in [0.2, 0.25) is 11.8 Å². The van der Waals surface area contributed by atoms with E-state index in [4.69, 9.17) is 16.6 Å². The van der Waals surface area contributed by atoms with Crippen LogP contribution in [0.3, 0.4) is 0 Å². The molecule has 0 N–H and O–H groups in total. The Kier molecular flexibility index (Phi) is 7.89. The first-order chi connectivity index (χ1) is 17.3. The number of carbonyl (C=O) groups excluding carboxylic acids is 2. The molecule has 1 aromatic heterocycles. The first kappa shape index (κ1) is 25.9. The molecule has 0 bridgehead atoms. The highest BCUT2D eigenvalue weighted by Crippen LogP contribution is 2.42. The fourth-order valence-corrected chi connectivity index (χ4v) is 7.29. The SMILES string of the molecule is CC(=O)N1CCC(CC(=O)N2CCC(=C3c4ncc(Br)cc4CCc4cc(Cl)cc(Br)c43)CC2)CC1. The zero-order valence-electron chi connectivity index (χ0n) is 20.5. The van der Waals surface area contributed by atoms with Gasteiger partial charge in [-0.3, -0.25) is 14.6 Å². The van der Waals surface area contributed by atoms with Crippen LogP contribution in [0.1, 0.15) is 61.4 Å². The van der Waals surface area contributed by atoms with E-state index in [1.165, 1.54) is 27.8 Å². The number of likely N-dealkylation sites (tertiary alicyclic amines) is 2. The number of aromatic nitrogens is 1. The van der Waals surface area contributed by atoms with E-state index in [1.807, 2.05) is 22.1 Å². The van der Waals surface area contributed by atoms with Crippen LogP contribution < -0.4 is 0 Å². The van der Waals surface area contributed by atoms with Gasteiger partial charge in [0.1, 0.15) is 0 Å². The summed E-state index contributed by atoms with van der Waals surface area (Å²) in [5, 5.41) is 0.736. The van der Waals surface area contributed by atoms with Crippen LogP contribution in [0.4, 0.5) is 0 Å². The smallest absolute Gasteiger partial charge is 0.222 e. The third-order valence-corrected chi connectivity index (χ3v) is 9.09. The van der Waals surface area contributed by atoms with Crippen molar-refractivity contribution >= 4 is 60.8 Å². The highest BCUT2D eigenvalue weighted by molar-refractivity contribution is 9.10. The molecule has 36 heavy (non-hydrogen) atoms. The molecule has 3 heterocycles. The monoisotopic (exact) mass is 633 g/mol. The topological polar surface area (TPSA) is 53.5 Å². The first-order valence-corrected chi connectivity index (χ1v) is 14.6. The molecular weight excluding hydrogens is 606 g/mol. The van der Waals surface area contributed by atoms with Crippen LogP contribution in [0.2, 0.25) is 5.02 Å². The maximum atomic E-state index is 13.1. The van der Waals surface area contributed by atoms with Crippen molar-refractivity contribution in [2.45, 2.75) is 51.9 Å². The number of fused-ring (bicyclic) bond motifs is 2. The summed E-state index contributed by atoms with van der Waals surface area (Å²) in [4.78, 5) is 33.5. The number of carbonyl (C=O) groups is 2. The van der Waals surface area contributed by atoms with Crippen molar-refractivity contribution < 1.29 is 9.59 Å². The molecule has 5 nitrogen and oxygen atoms in total. The van der Waals surface area contributed by atoms with Crippen molar-refractivity contribution in [1.29, 1.82) is 0 Å². The Morgan fingerprint density at radius 3 is 2.36 bits per heavy atom. The summed E-state index contributed by atoms with van der Waals surface area (Å²) in [6, 6.07) is 6.24. The lowest BCUT2D eigenvalue weighted by Gasteiger charge is -2.34. The zero-order valence-corrected chi connectivity index (χ0v) is 24.4. The number of pyridine rings is 1. The number of aryl methyl sites for hydroxylation is 2. The average molecular weight is 636 g/mol. The second kappa shape index (κ2) is 11.0. The first-order valence-electron chi connectivity index (χ1n) is 12.7. The van der Waals surface area contributed by atoms with Crippen molar-refractivity contribution in [3.8, 4) is 0 Å². The number of hydrogen-bond donors (Lipinski definition) is 0. The quantitative estimate of drug-likeness (QED) is 0.382. The molecule has 0 spiro atoms. The molecule has 2 amide bonds. The number of nitrogens with zero attached hydrogens (tertiary/aromatic N) is 3. The fourth-order valence-electron chi connectivity index (χ4n) is 5.84. The van der Waals surface area contributed by atoms with Crippen LogP contribution in [0.15, 0.2) is 38.9 Å². The maximum Gasteiger partial charge on any atom is 0.222 e. The number of benzene rings is 1. The molecule has 8 heteroatoms. The average Bonchev–Trinajstić information content (AvgIpc) is 3.01. The molecule has 2 aromatic rings. The van der Waals surface area contributed by atoms with Gasteiger partial charge in [-0.05, 0) is 89.7 Å². The summed E-state index contributed by atoms with van der Waals surface area (Å²) in [6.45, 7) is 4.62. The Balaban J connectivity index is 1.37. The second-order valence-electron chi connectivity index (χ2n) is 10.1. The molecule has 5 rings (SSSR count). The molecule has 0 atom stereocenters. The molecule has 2 saturated heterocycles. The third kappa shape index (κ3) is 5.44. The lowest BCUT2D eigenvalue weighted by molar-refractivity contribution is -0.133. The van der Waals surface area contributed by atoms with Crippen LogP contribution in [-0.2, 0) is 22.4 Å². The number of halogens is 3. The highest BCUT2D eigenvalue weighted by atomic mass is 79.9. The molecule has 190 valence electrons. The minimum atomic E-state index is 0.133. The predicted molar refractivity (Wildman–Crippen MR) is 150 cm³/mol. The van der Waals surface area contributed by atoms with Gasteiger partial charge in [0.05, 0.1) is 5.69 Å². The Labute approximate surface area is 234 Å². The van der Waals surface area contributed by atoms with Crippen molar-refractivity contribution in [3.05, 3.63) is 66.3 Å². The third-order valence-electron chi connectivity index (χ3n) is 7.82. The van der Waals surface area contributed by atoms with Gasteiger partial charge < -0.3 is 9.80 Å². The molecule has 1 aliphatic carbocycles. The molecule has 0 radical (unpaired) electrons. The summed E-state index contributed by atoms with van der Waals surface area (Å²) in [5.41, 5.74) is 7.28. The van der Waals surface area contributed by atoms with Gasteiger partial charge in [-0.2, -0.15) is 0 Å². The summed E-state index contributed by atoms with van der Waals surface area (Å²) in [6.07, 6.45) is 7.80. The van der Waals surface area contributed by atoms with E-state index in [2.05, 4.69) is 44.0 Å². The van der Waals surface area contributed by atoms with E-state index in [-0.39, 0.29) is 11.8 Å². The Hall–Kier alpha value is -1.70. The van der Waals surface area contributed by atoms with Crippen LogP contribution in [-0.4, -0.2) is 52.8 Å². The minimum absolute atomic E-state index is 0.133. The van der Waals surface area contributed by atoms with Crippen LogP contribution in [0.25, 0.3) is 5.57 Å². The maximum absolute atomic E-state index is 13.1. The van der Waals surface area contributed by atoms with Crippen LogP contribution in [0, 0.1) is 5.92 Å². The van der Waals surface area contributed by atoms with Crippen molar-refractivity contribution in [2.24, 2.45) is 5.92 Å². The summed E-state index contributed by atoms with van der Waals surface area (Å²) >= 11 is 13.8. The molecule has 2 fully saturated rings. The van der Waals surface area contributed by atoms with E-state index in [1.54, 1.807) is 6.92 Å². The Morgan fingerprint density at radius 2 is 1.67 bits per heavy atom. The highest BCUT2D eigenvalue weighted by Gasteiger charge is 2.30. The predicted octanol–water partition coefficient (Wildman–Crippen LogP) is 6.43. The van der Waals surface area contributed by atoms with Gasteiger partial charge in [-0.15, -0.1) is 0 Å². The van der Waals surface area contributed by atoms with Gasteiger partial charge in [0.25, 0.3) is 0 Å². The number of piperidine rings is 2. The van der Waals surface area contributed by atoms with Crippen LogP contribution >= 0.6 is 43.5 Å². The number of rotatable bonds is 2. The van der Waals surface area contributed by atoms with E-state index in [0.29, 0.717) is 12.3 Å². The molecule has 1 aromatic carbocycles. The zero-order chi connectivity index (χ0) is 25.4. The summed E-state index contributed by atoms with van der Waals surface area (Å²) in [7, 11) is 0. The van der Waals surface area contributed by atoms with Crippen molar-refractivity contribution in [1.82, 2.24) is 14.8 Å².